The maximum absolute atomic E-state index is 11.9. The van der Waals surface area contributed by atoms with E-state index in [1.54, 1.807) is 42.7 Å². The maximum Gasteiger partial charge on any atom is 0.264 e. The molecule has 0 saturated carbocycles. The third-order valence-electron chi connectivity index (χ3n) is 2.89. The monoisotopic (exact) mass is 327 g/mol. The number of rotatable bonds is 5. The zero-order valence-corrected chi connectivity index (χ0v) is 12.7. The Kier molecular flexibility index (Phi) is 4.65. The summed E-state index contributed by atoms with van der Waals surface area (Å²) in [7, 11) is 0. The van der Waals surface area contributed by atoms with E-state index >= 15 is 0 Å². The molecule has 23 heavy (non-hydrogen) atoms. The molecule has 1 unspecified atom stereocenters. The van der Waals surface area contributed by atoms with Crippen LogP contribution in [0.1, 0.15) is 0 Å². The number of para-hydroxylation sites is 1. The van der Waals surface area contributed by atoms with Crippen molar-refractivity contribution in [3.8, 4) is 11.4 Å². The van der Waals surface area contributed by atoms with E-state index < -0.39 is 11.3 Å². The SMILES string of the molecule is O=C(Nc1ccccc1)C(O)Sc1nnc(-c2cccnc2)[nH]1. The molecule has 0 fully saturated rings. The Morgan fingerprint density at radius 1 is 1.17 bits per heavy atom. The molecule has 3 N–H and O–H groups in total. The molecule has 8 heteroatoms. The van der Waals surface area contributed by atoms with Gasteiger partial charge in [0.1, 0.15) is 0 Å². The first kappa shape index (κ1) is 15.2. The zero-order valence-electron chi connectivity index (χ0n) is 11.9. The van der Waals surface area contributed by atoms with Crippen molar-refractivity contribution in [1.29, 1.82) is 0 Å². The van der Waals surface area contributed by atoms with Gasteiger partial charge in [0, 0.05) is 23.6 Å². The fraction of sp³-hybridized carbons (Fsp3) is 0.0667. The minimum absolute atomic E-state index is 0.347. The number of nitrogens with zero attached hydrogens (tertiary/aromatic N) is 3. The number of anilines is 1. The van der Waals surface area contributed by atoms with Crippen molar-refractivity contribution in [3.63, 3.8) is 0 Å². The molecule has 2 heterocycles. The number of hydrogen-bond donors (Lipinski definition) is 3. The predicted octanol–water partition coefficient (Wildman–Crippen LogP) is 1.92. The summed E-state index contributed by atoms with van der Waals surface area (Å²) in [6.07, 6.45) is 3.31. The lowest BCUT2D eigenvalue weighted by Crippen LogP contribution is -2.24. The highest BCUT2D eigenvalue weighted by atomic mass is 32.2. The number of benzene rings is 1. The number of aromatic amines is 1. The zero-order chi connectivity index (χ0) is 16.1. The van der Waals surface area contributed by atoms with Crippen LogP contribution in [0.15, 0.2) is 60.0 Å². The van der Waals surface area contributed by atoms with Gasteiger partial charge in [-0.3, -0.25) is 9.78 Å². The van der Waals surface area contributed by atoms with Gasteiger partial charge in [-0.05, 0) is 36.0 Å². The van der Waals surface area contributed by atoms with Gasteiger partial charge in [-0.25, -0.2) is 0 Å². The molecule has 0 spiro atoms. The summed E-state index contributed by atoms with van der Waals surface area (Å²) in [6.45, 7) is 0. The number of pyridine rings is 1. The smallest absolute Gasteiger partial charge is 0.264 e. The van der Waals surface area contributed by atoms with Crippen molar-refractivity contribution in [3.05, 3.63) is 54.9 Å². The standard InChI is InChI=1S/C15H13N5O2S/c21-13(17-11-6-2-1-3-7-11)14(22)23-15-18-12(19-20-15)10-5-4-8-16-9-10/h1-9,14,22H,(H,17,21)(H,18,19,20). The number of thioether (sulfide) groups is 1. The van der Waals surface area contributed by atoms with Crippen LogP contribution in [0.2, 0.25) is 0 Å². The van der Waals surface area contributed by atoms with Crippen LogP contribution in [0.4, 0.5) is 5.69 Å². The molecule has 0 bridgehead atoms. The Morgan fingerprint density at radius 2 is 2.00 bits per heavy atom. The molecule has 1 amide bonds. The number of aliphatic hydroxyl groups excluding tert-OH is 1. The van der Waals surface area contributed by atoms with Gasteiger partial charge in [-0.1, -0.05) is 18.2 Å². The van der Waals surface area contributed by atoms with Gasteiger partial charge in [0.25, 0.3) is 5.91 Å². The maximum atomic E-state index is 11.9. The van der Waals surface area contributed by atoms with E-state index in [1.165, 1.54) is 0 Å². The van der Waals surface area contributed by atoms with Gasteiger partial charge in [-0.15, -0.1) is 10.2 Å². The van der Waals surface area contributed by atoms with E-state index in [2.05, 4.69) is 25.5 Å². The Morgan fingerprint density at radius 3 is 2.74 bits per heavy atom. The number of aromatic nitrogens is 4. The molecule has 2 aromatic heterocycles. The van der Waals surface area contributed by atoms with Gasteiger partial charge in [0.2, 0.25) is 0 Å². The predicted molar refractivity (Wildman–Crippen MR) is 86.5 cm³/mol. The Hall–Kier alpha value is -2.71. The Bertz CT molecular complexity index is 779. The molecule has 3 aromatic rings. The van der Waals surface area contributed by atoms with Crippen LogP contribution in [-0.2, 0) is 4.79 Å². The topological polar surface area (TPSA) is 104 Å². The van der Waals surface area contributed by atoms with Gasteiger partial charge in [0.15, 0.2) is 16.4 Å². The summed E-state index contributed by atoms with van der Waals surface area (Å²) in [5, 5.41) is 20.8. The van der Waals surface area contributed by atoms with E-state index in [0.717, 1.165) is 17.3 Å². The number of aliphatic hydroxyl groups is 1. The van der Waals surface area contributed by atoms with Crippen LogP contribution >= 0.6 is 11.8 Å². The van der Waals surface area contributed by atoms with Gasteiger partial charge in [-0.2, -0.15) is 0 Å². The van der Waals surface area contributed by atoms with Crippen LogP contribution in [0.5, 0.6) is 0 Å². The molecule has 7 nitrogen and oxygen atoms in total. The summed E-state index contributed by atoms with van der Waals surface area (Å²) in [4.78, 5) is 18.9. The average Bonchev–Trinajstić information content (AvgIpc) is 3.05. The molecule has 1 aromatic carbocycles. The van der Waals surface area contributed by atoms with E-state index in [4.69, 9.17) is 0 Å². The minimum atomic E-state index is -1.30. The molecular formula is C15H13N5O2S. The van der Waals surface area contributed by atoms with Crippen molar-refractivity contribution in [2.45, 2.75) is 10.6 Å². The van der Waals surface area contributed by atoms with Crippen LogP contribution in [0.25, 0.3) is 11.4 Å². The number of carbonyl (C=O) groups excluding carboxylic acids is 1. The van der Waals surface area contributed by atoms with Crippen molar-refractivity contribution in [1.82, 2.24) is 20.2 Å². The van der Waals surface area contributed by atoms with E-state index in [1.807, 2.05) is 12.1 Å². The molecule has 0 saturated heterocycles. The van der Waals surface area contributed by atoms with Crippen molar-refractivity contribution in [2.75, 3.05) is 5.32 Å². The molecular weight excluding hydrogens is 314 g/mol. The summed E-state index contributed by atoms with van der Waals surface area (Å²) < 4.78 is 0. The molecule has 0 aliphatic heterocycles. The fourth-order valence-corrected chi connectivity index (χ4v) is 2.44. The number of hydrogen-bond acceptors (Lipinski definition) is 6. The number of amides is 1. The second-order valence-corrected chi connectivity index (χ2v) is 5.61. The van der Waals surface area contributed by atoms with Crippen LogP contribution in [0.3, 0.4) is 0 Å². The second kappa shape index (κ2) is 7.03. The third kappa shape index (κ3) is 3.93. The second-order valence-electron chi connectivity index (χ2n) is 4.55. The molecule has 0 aliphatic rings. The highest BCUT2D eigenvalue weighted by molar-refractivity contribution is 8.00. The molecule has 0 radical (unpaired) electrons. The highest BCUT2D eigenvalue weighted by Gasteiger charge is 2.19. The van der Waals surface area contributed by atoms with Crippen LogP contribution in [-0.4, -0.2) is 36.6 Å². The quantitative estimate of drug-likeness (QED) is 0.488. The van der Waals surface area contributed by atoms with Crippen LogP contribution in [0, 0.1) is 0 Å². The normalized spacial score (nSPS) is 11.9. The van der Waals surface area contributed by atoms with Crippen molar-refractivity contribution < 1.29 is 9.90 Å². The lowest BCUT2D eigenvalue weighted by molar-refractivity contribution is -0.120. The van der Waals surface area contributed by atoms with E-state index in [0.29, 0.717) is 16.7 Å². The van der Waals surface area contributed by atoms with Crippen molar-refractivity contribution >= 4 is 23.4 Å². The number of nitrogens with one attached hydrogen (secondary N) is 2. The number of H-pyrrole nitrogens is 1. The number of carbonyl (C=O) groups is 1. The molecule has 3 rings (SSSR count). The molecule has 0 aliphatic carbocycles. The largest absolute Gasteiger partial charge is 0.373 e. The first-order valence-corrected chi connectivity index (χ1v) is 7.64. The van der Waals surface area contributed by atoms with E-state index in [9.17, 15) is 9.90 Å². The fourth-order valence-electron chi connectivity index (χ4n) is 1.82. The summed E-state index contributed by atoms with van der Waals surface area (Å²) >= 11 is 0.880. The Balaban J connectivity index is 1.63. The molecule has 1 atom stereocenters. The van der Waals surface area contributed by atoms with E-state index in [-0.39, 0.29) is 0 Å². The average molecular weight is 327 g/mol. The third-order valence-corrected chi connectivity index (χ3v) is 3.73. The summed E-state index contributed by atoms with van der Waals surface area (Å²) in [5.74, 6) is -0.00297. The first-order chi connectivity index (χ1) is 11.2. The van der Waals surface area contributed by atoms with Crippen molar-refractivity contribution in [2.24, 2.45) is 0 Å². The summed E-state index contributed by atoms with van der Waals surface area (Å²) in [6, 6.07) is 12.5. The van der Waals surface area contributed by atoms with Crippen LogP contribution < -0.4 is 5.32 Å². The first-order valence-electron chi connectivity index (χ1n) is 6.76. The lowest BCUT2D eigenvalue weighted by Gasteiger charge is -2.09. The Labute approximate surface area is 136 Å². The van der Waals surface area contributed by atoms with Gasteiger partial charge >= 0.3 is 0 Å². The molecule has 116 valence electrons. The summed E-state index contributed by atoms with van der Waals surface area (Å²) in [5.41, 5.74) is 0.0887. The minimum Gasteiger partial charge on any atom is -0.373 e. The van der Waals surface area contributed by atoms with Gasteiger partial charge in [0.05, 0.1) is 0 Å². The van der Waals surface area contributed by atoms with Gasteiger partial charge < -0.3 is 15.4 Å². The highest BCUT2D eigenvalue weighted by Crippen LogP contribution is 2.22. The lowest BCUT2D eigenvalue weighted by atomic mass is 10.3.